The molecule has 1 aliphatic rings. The predicted octanol–water partition coefficient (Wildman–Crippen LogP) is 2.89. The number of nitrogens with one attached hydrogen (secondary N) is 1. The standard InChI is InChI=1S/C17H21N3O/c1-3-12(2)18-17(21)16-14-10-7-11-15(14)20(19-16)13-8-5-4-6-9-13/h4-6,8-9,12H,3,7,10-11H2,1-2H3,(H,18,21). The number of aromatic nitrogens is 2. The lowest BCUT2D eigenvalue weighted by molar-refractivity contribution is 0.0933. The lowest BCUT2D eigenvalue weighted by atomic mass is 10.1. The fraction of sp³-hybridized carbons (Fsp3) is 0.412. The first kappa shape index (κ1) is 13.9. The monoisotopic (exact) mass is 283 g/mol. The van der Waals surface area contributed by atoms with E-state index >= 15 is 0 Å². The Hall–Kier alpha value is -2.10. The van der Waals surface area contributed by atoms with Crippen LogP contribution in [0, 0.1) is 0 Å². The van der Waals surface area contributed by atoms with E-state index in [1.807, 2.05) is 41.9 Å². The minimum atomic E-state index is -0.0443. The Kier molecular flexibility index (Phi) is 3.78. The van der Waals surface area contributed by atoms with Gasteiger partial charge in [-0.1, -0.05) is 25.1 Å². The molecule has 1 N–H and O–H groups in total. The molecule has 1 aliphatic carbocycles. The van der Waals surface area contributed by atoms with Crippen molar-refractivity contribution in [1.29, 1.82) is 0 Å². The molecule has 4 nitrogen and oxygen atoms in total. The number of hydrogen-bond acceptors (Lipinski definition) is 2. The van der Waals surface area contributed by atoms with Gasteiger partial charge < -0.3 is 5.32 Å². The summed E-state index contributed by atoms with van der Waals surface area (Å²) in [5.74, 6) is -0.0443. The summed E-state index contributed by atoms with van der Waals surface area (Å²) in [6.45, 7) is 4.09. The highest BCUT2D eigenvalue weighted by Crippen LogP contribution is 2.27. The third-order valence-corrected chi connectivity index (χ3v) is 4.14. The van der Waals surface area contributed by atoms with Crippen molar-refractivity contribution in [2.24, 2.45) is 0 Å². The first-order valence-corrected chi connectivity index (χ1v) is 7.67. The van der Waals surface area contributed by atoms with Crippen molar-refractivity contribution in [3.8, 4) is 5.69 Å². The van der Waals surface area contributed by atoms with Crippen LogP contribution in [0.1, 0.15) is 48.4 Å². The van der Waals surface area contributed by atoms with Crippen LogP contribution in [0.3, 0.4) is 0 Å². The summed E-state index contributed by atoms with van der Waals surface area (Å²) in [5, 5.41) is 7.62. The molecule has 0 bridgehead atoms. The molecule has 0 fully saturated rings. The van der Waals surface area contributed by atoms with Gasteiger partial charge in [-0.05, 0) is 44.7 Å². The molecule has 0 saturated carbocycles. The highest BCUT2D eigenvalue weighted by molar-refractivity contribution is 5.94. The molecule has 0 spiro atoms. The first-order valence-electron chi connectivity index (χ1n) is 7.67. The second-order valence-corrected chi connectivity index (χ2v) is 5.66. The fourth-order valence-corrected chi connectivity index (χ4v) is 2.80. The van der Waals surface area contributed by atoms with Gasteiger partial charge in [0.1, 0.15) is 0 Å². The summed E-state index contributed by atoms with van der Waals surface area (Å²) in [7, 11) is 0. The molecule has 1 aromatic carbocycles. The number of carbonyl (C=O) groups is 1. The van der Waals surface area contributed by atoms with Gasteiger partial charge >= 0.3 is 0 Å². The molecule has 1 amide bonds. The Morgan fingerprint density at radius 1 is 1.33 bits per heavy atom. The van der Waals surface area contributed by atoms with Crippen molar-refractivity contribution in [2.75, 3.05) is 0 Å². The molecular weight excluding hydrogens is 262 g/mol. The predicted molar refractivity (Wildman–Crippen MR) is 82.8 cm³/mol. The molecule has 21 heavy (non-hydrogen) atoms. The maximum Gasteiger partial charge on any atom is 0.272 e. The zero-order chi connectivity index (χ0) is 14.8. The Morgan fingerprint density at radius 3 is 2.81 bits per heavy atom. The zero-order valence-corrected chi connectivity index (χ0v) is 12.6. The summed E-state index contributed by atoms with van der Waals surface area (Å²) >= 11 is 0. The second-order valence-electron chi connectivity index (χ2n) is 5.66. The molecule has 1 heterocycles. The van der Waals surface area contributed by atoms with Crippen LogP contribution in [0.25, 0.3) is 5.69 Å². The average Bonchev–Trinajstić information content (AvgIpc) is 3.09. The van der Waals surface area contributed by atoms with E-state index < -0.39 is 0 Å². The molecular formula is C17H21N3O. The van der Waals surface area contributed by atoms with E-state index in [0.29, 0.717) is 5.69 Å². The average molecular weight is 283 g/mol. The smallest absolute Gasteiger partial charge is 0.272 e. The van der Waals surface area contributed by atoms with Crippen LogP contribution in [0.2, 0.25) is 0 Å². The third kappa shape index (κ3) is 2.58. The number of amides is 1. The van der Waals surface area contributed by atoms with Crippen molar-refractivity contribution in [3.05, 3.63) is 47.3 Å². The van der Waals surface area contributed by atoms with Crippen LogP contribution in [-0.2, 0) is 12.8 Å². The molecule has 4 heteroatoms. The van der Waals surface area contributed by atoms with Gasteiger partial charge in [0, 0.05) is 17.3 Å². The van der Waals surface area contributed by atoms with Crippen LogP contribution in [0.4, 0.5) is 0 Å². The minimum absolute atomic E-state index is 0.0443. The first-order chi connectivity index (χ1) is 10.2. The molecule has 0 saturated heterocycles. The van der Waals surface area contributed by atoms with Gasteiger partial charge in [0.25, 0.3) is 5.91 Å². The van der Waals surface area contributed by atoms with Crippen LogP contribution >= 0.6 is 0 Å². The molecule has 110 valence electrons. The van der Waals surface area contributed by atoms with E-state index in [2.05, 4.69) is 17.3 Å². The molecule has 1 aromatic heterocycles. The highest BCUT2D eigenvalue weighted by atomic mass is 16.2. The van der Waals surface area contributed by atoms with Gasteiger partial charge in [-0.25, -0.2) is 4.68 Å². The molecule has 0 radical (unpaired) electrons. The lowest BCUT2D eigenvalue weighted by Gasteiger charge is -2.10. The molecule has 0 aliphatic heterocycles. The van der Waals surface area contributed by atoms with Gasteiger partial charge in [0.05, 0.1) is 5.69 Å². The van der Waals surface area contributed by atoms with Gasteiger partial charge in [0.2, 0.25) is 0 Å². The van der Waals surface area contributed by atoms with Gasteiger partial charge in [-0.3, -0.25) is 4.79 Å². The Balaban J connectivity index is 1.98. The maximum atomic E-state index is 12.4. The molecule has 1 unspecified atom stereocenters. The number of carbonyl (C=O) groups excluding carboxylic acids is 1. The summed E-state index contributed by atoms with van der Waals surface area (Å²) in [6, 6.07) is 10.2. The topological polar surface area (TPSA) is 46.9 Å². The Bertz CT molecular complexity index is 646. The van der Waals surface area contributed by atoms with Crippen molar-refractivity contribution in [3.63, 3.8) is 0 Å². The van der Waals surface area contributed by atoms with Crippen LogP contribution < -0.4 is 5.32 Å². The quantitative estimate of drug-likeness (QED) is 0.938. The summed E-state index contributed by atoms with van der Waals surface area (Å²) < 4.78 is 1.94. The van der Waals surface area contributed by atoms with E-state index in [-0.39, 0.29) is 11.9 Å². The van der Waals surface area contributed by atoms with Crippen LogP contribution in [0.5, 0.6) is 0 Å². The SMILES string of the molecule is CCC(C)NC(=O)c1nn(-c2ccccc2)c2c1CCC2. The van der Waals surface area contributed by atoms with Crippen molar-refractivity contribution < 1.29 is 4.79 Å². The van der Waals surface area contributed by atoms with E-state index in [4.69, 9.17) is 0 Å². The number of fused-ring (bicyclic) bond motifs is 1. The Morgan fingerprint density at radius 2 is 2.10 bits per heavy atom. The molecule has 3 rings (SSSR count). The number of para-hydroxylation sites is 1. The fourth-order valence-electron chi connectivity index (χ4n) is 2.80. The maximum absolute atomic E-state index is 12.4. The molecule has 2 aromatic rings. The molecule has 1 atom stereocenters. The van der Waals surface area contributed by atoms with E-state index in [1.54, 1.807) is 0 Å². The van der Waals surface area contributed by atoms with Gasteiger partial charge in [-0.15, -0.1) is 0 Å². The highest BCUT2D eigenvalue weighted by Gasteiger charge is 2.27. The summed E-state index contributed by atoms with van der Waals surface area (Å²) in [4.78, 5) is 12.4. The number of hydrogen-bond donors (Lipinski definition) is 1. The lowest BCUT2D eigenvalue weighted by Crippen LogP contribution is -2.32. The third-order valence-electron chi connectivity index (χ3n) is 4.14. The second kappa shape index (κ2) is 5.72. The summed E-state index contributed by atoms with van der Waals surface area (Å²) in [5.41, 5.74) is 3.94. The normalized spacial score (nSPS) is 14.8. The zero-order valence-electron chi connectivity index (χ0n) is 12.6. The van der Waals surface area contributed by atoms with Gasteiger partial charge in [0.15, 0.2) is 5.69 Å². The minimum Gasteiger partial charge on any atom is -0.348 e. The van der Waals surface area contributed by atoms with Crippen LogP contribution in [0.15, 0.2) is 30.3 Å². The van der Waals surface area contributed by atoms with Crippen molar-refractivity contribution in [1.82, 2.24) is 15.1 Å². The van der Waals surface area contributed by atoms with Crippen LogP contribution in [-0.4, -0.2) is 21.7 Å². The van der Waals surface area contributed by atoms with E-state index in [0.717, 1.165) is 36.9 Å². The van der Waals surface area contributed by atoms with E-state index in [1.165, 1.54) is 5.69 Å². The summed E-state index contributed by atoms with van der Waals surface area (Å²) in [6.07, 6.45) is 3.97. The Labute approximate surface area is 125 Å². The van der Waals surface area contributed by atoms with Gasteiger partial charge in [-0.2, -0.15) is 5.10 Å². The van der Waals surface area contributed by atoms with Crippen molar-refractivity contribution >= 4 is 5.91 Å². The number of benzene rings is 1. The van der Waals surface area contributed by atoms with Crippen molar-refractivity contribution in [2.45, 2.75) is 45.6 Å². The number of rotatable bonds is 4. The van der Waals surface area contributed by atoms with E-state index in [9.17, 15) is 4.79 Å². The number of nitrogens with zero attached hydrogens (tertiary/aromatic N) is 2. The largest absolute Gasteiger partial charge is 0.348 e.